The van der Waals surface area contributed by atoms with Crippen LogP contribution >= 0.6 is 0 Å². The summed E-state index contributed by atoms with van der Waals surface area (Å²) >= 11 is 0. The van der Waals surface area contributed by atoms with Gasteiger partial charge in [0, 0.05) is 11.1 Å². The van der Waals surface area contributed by atoms with Crippen molar-refractivity contribution in [3.8, 4) is 5.75 Å². The first-order valence-electron chi connectivity index (χ1n) is 6.34. The minimum absolute atomic E-state index is 0.0274. The number of aliphatic hydroxyl groups excluding tert-OH is 1. The van der Waals surface area contributed by atoms with Gasteiger partial charge in [0.2, 0.25) is 0 Å². The molecule has 0 aliphatic heterocycles. The van der Waals surface area contributed by atoms with Crippen molar-refractivity contribution in [2.45, 2.75) is 53.1 Å². The topological polar surface area (TPSA) is 29.5 Å². The van der Waals surface area contributed by atoms with E-state index in [4.69, 9.17) is 4.74 Å². The van der Waals surface area contributed by atoms with Crippen LogP contribution in [0.25, 0.3) is 0 Å². The van der Waals surface area contributed by atoms with Crippen LogP contribution < -0.4 is 4.74 Å². The van der Waals surface area contributed by atoms with Crippen LogP contribution in [0, 0.1) is 0 Å². The van der Waals surface area contributed by atoms with Crippen molar-refractivity contribution < 1.29 is 9.84 Å². The molecule has 0 unspecified atom stereocenters. The number of hydrogen-bond acceptors (Lipinski definition) is 2. The highest BCUT2D eigenvalue weighted by atomic mass is 16.5. The number of aryl methyl sites for hydroxylation is 1. The van der Waals surface area contributed by atoms with Gasteiger partial charge in [-0.05, 0) is 30.4 Å². The summed E-state index contributed by atoms with van der Waals surface area (Å²) in [7, 11) is 0. The Hall–Kier alpha value is -1.02. The van der Waals surface area contributed by atoms with Gasteiger partial charge >= 0.3 is 0 Å². The molecule has 0 aromatic heterocycles. The molecule has 0 aliphatic carbocycles. The number of ether oxygens (including phenoxy) is 1. The first kappa shape index (κ1) is 14.0. The standard InChI is InChI=1S/C15H24O2/c1-6-11-8-12(10-16)14(17-7-2)13(9-11)15(3,4)5/h8-9,16H,6-7,10H2,1-5H3. The fraction of sp³-hybridized carbons (Fsp3) is 0.600. The highest BCUT2D eigenvalue weighted by molar-refractivity contribution is 5.48. The number of rotatable bonds is 4. The predicted octanol–water partition coefficient (Wildman–Crippen LogP) is 3.44. The van der Waals surface area contributed by atoms with E-state index >= 15 is 0 Å². The fourth-order valence-corrected chi connectivity index (χ4v) is 1.95. The summed E-state index contributed by atoms with van der Waals surface area (Å²) in [6, 6.07) is 4.24. The summed E-state index contributed by atoms with van der Waals surface area (Å²) in [5, 5.41) is 9.48. The van der Waals surface area contributed by atoms with Crippen LogP contribution in [0.1, 0.15) is 51.3 Å². The summed E-state index contributed by atoms with van der Waals surface area (Å²) in [6.45, 7) is 11.3. The summed E-state index contributed by atoms with van der Waals surface area (Å²) in [6.07, 6.45) is 0.975. The highest BCUT2D eigenvalue weighted by Crippen LogP contribution is 2.35. The monoisotopic (exact) mass is 236 g/mol. The molecule has 0 saturated heterocycles. The minimum atomic E-state index is 0.0274. The minimum Gasteiger partial charge on any atom is -0.493 e. The van der Waals surface area contributed by atoms with Crippen LogP contribution in [-0.2, 0) is 18.4 Å². The number of aliphatic hydroxyl groups is 1. The summed E-state index contributed by atoms with van der Waals surface area (Å²) in [5.74, 6) is 0.861. The Kier molecular flexibility index (Phi) is 4.58. The van der Waals surface area contributed by atoms with E-state index in [1.165, 1.54) is 11.1 Å². The van der Waals surface area contributed by atoms with Crippen molar-refractivity contribution in [1.82, 2.24) is 0 Å². The lowest BCUT2D eigenvalue weighted by Crippen LogP contribution is -2.15. The third-order valence-corrected chi connectivity index (χ3v) is 2.90. The lowest BCUT2D eigenvalue weighted by atomic mass is 9.83. The molecule has 1 aromatic carbocycles. The van der Waals surface area contributed by atoms with Gasteiger partial charge in [-0.25, -0.2) is 0 Å². The Labute approximate surface area is 105 Å². The first-order chi connectivity index (χ1) is 7.93. The number of hydrogen-bond donors (Lipinski definition) is 1. The lowest BCUT2D eigenvalue weighted by Gasteiger charge is -2.25. The van der Waals surface area contributed by atoms with Gasteiger partial charge in [0.15, 0.2) is 0 Å². The zero-order valence-electron chi connectivity index (χ0n) is 11.6. The zero-order chi connectivity index (χ0) is 13.1. The second-order valence-electron chi connectivity index (χ2n) is 5.33. The van der Waals surface area contributed by atoms with Gasteiger partial charge in [-0.1, -0.05) is 33.8 Å². The molecule has 0 saturated carbocycles. The first-order valence-corrected chi connectivity index (χ1v) is 6.34. The SMILES string of the molecule is CCOc1c(CO)cc(CC)cc1C(C)(C)C. The van der Waals surface area contributed by atoms with Gasteiger partial charge in [-0.3, -0.25) is 0 Å². The second-order valence-corrected chi connectivity index (χ2v) is 5.33. The molecule has 1 rings (SSSR count). The average Bonchev–Trinajstić information content (AvgIpc) is 2.28. The van der Waals surface area contributed by atoms with Crippen molar-refractivity contribution in [1.29, 1.82) is 0 Å². The molecule has 0 radical (unpaired) electrons. The molecule has 0 fully saturated rings. The molecule has 17 heavy (non-hydrogen) atoms. The van der Waals surface area contributed by atoms with E-state index in [0.29, 0.717) is 6.61 Å². The molecule has 0 aliphatic rings. The third kappa shape index (κ3) is 3.22. The highest BCUT2D eigenvalue weighted by Gasteiger charge is 2.22. The van der Waals surface area contributed by atoms with Crippen molar-refractivity contribution in [2.75, 3.05) is 6.61 Å². The van der Waals surface area contributed by atoms with E-state index in [1.807, 2.05) is 13.0 Å². The molecule has 0 spiro atoms. The Morgan fingerprint density at radius 3 is 2.24 bits per heavy atom. The quantitative estimate of drug-likeness (QED) is 0.867. The Morgan fingerprint density at radius 1 is 1.18 bits per heavy atom. The number of benzene rings is 1. The molecular weight excluding hydrogens is 212 g/mol. The maximum atomic E-state index is 9.48. The van der Waals surface area contributed by atoms with E-state index < -0.39 is 0 Å². The van der Waals surface area contributed by atoms with E-state index in [2.05, 4.69) is 33.8 Å². The van der Waals surface area contributed by atoms with E-state index in [9.17, 15) is 5.11 Å². The van der Waals surface area contributed by atoms with Crippen molar-refractivity contribution in [3.05, 3.63) is 28.8 Å². The molecule has 0 amide bonds. The van der Waals surface area contributed by atoms with E-state index in [-0.39, 0.29) is 12.0 Å². The third-order valence-electron chi connectivity index (χ3n) is 2.90. The van der Waals surface area contributed by atoms with Crippen molar-refractivity contribution in [3.63, 3.8) is 0 Å². The van der Waals surface area contributed by atoms with Crippen molar-refractivity contribution >= 4 is 0 Å². The van der Waals surface area contributed by atoms with Crippen LogP contribution in [0.2, 0.25) is 0 Å². The summed E-state index contributed by atoms with van der Waals surface area (Å²) in [4.78, 5) is 0. The molecule has 1 aromatic rings. The molecule has 1 N–H and O–H groups in total. The summed E-state index contributed by atoms with van der Waals surface area (Å²) < 4.78 is 5.73. The molecule has 0 heterocycles. The molecule has 0 bridgehead atoms. The van der Waals surface area contributed by atoms with Crippen LogP contribution in [0.4, 0.5) is 0 Å². The lowest BCUT2D eigenvalue weighted by molar-refractivity contribution is 0.264. The molecule has 96 valence electrons. The van der Waals surface area contributed by atoms with Crippen LogP contribution in [0.3, 0.4) is 0 Å². The second kappa shape index (κ2) is 5.54. The summed E-state index contributed by atoms with van der Waals surface area (Å²) in [5.41, 5.74) is 3.36. The van der Waals surface area contributed by atoms with E-state index in [1.54, 1.807) is 0 Å². The van der Waals surface area contributed by atoms with Gasteiger partial charge < -0.3 is 9.84 Å². The normalized spacial score (nSPS) is 11.6. The van der Waals surface area contributed by atoms with Crippen LogP contribution in [0.15, 0.2) is 12.1 Å². The molecular formula is C15H24O2. The molecule has 0 atom stereocenters. The van der Waals surface area contributed by atoms with Crippen LogP contribution in [0.5, 0.6) is 5.75 Å². The van der Waals surface area contributed by atoms with Gasteiger partial charge in [-0.2, -0.15) is 0 Å². The Morgan fingerprint density at radius 2 is 1.82 bits per heavy atom. The maximum Gasteiger partial charge on any atom is 0.128 e. The predicted molar refractivity (Wildman–Crippen MR) is 71.6 cm³/mol. The largest absolute Gasteiger partial charge is 0.493 e. The van der Waals surface area contributed by atoms with Gasteiger partial charge in [-0.15, -0.1) is 0 Å². The van der Waals surface area contributed by atoms with Crippen molar-refractivity contribution in [2.24, 2.45) is 0 Å². The van der Waals surface area contributed by atoms with Gasteiger partial charge in [0.25, 0.3) is 0 Å². The molecule has 2 heteroatoms. The fourth-order valence-electron chi connectivity index (χ4n) is 1.95. The van der Waals surface area contributed by atoms with Gasteiger partial charge in [0.1, 0.15) is 5.75 Å². The van der Waals surface area contributed by atoms with Crippen LogP contribution in [-0.4, -0.2) is 11.7 Å². The Balaban J connectivity index is 3.41. The average molecular weight is 236 g/mol. The Bertz CT molecular complexity index is 375. The van der Waals surface area contributed by atoms with E-state index in [0.717, 1.165) is 17.7 Å². The van der Waals surface area contributed by atoms with Gasteiger partial charge in [0.05, 0.1) is 13.2 Å². The smallest absolute Gasteiger partial charge is 0.128 e. The maximum absolute atomic E-state index is 9.48. The molecule has 2 nitrogen and oxygen atoms in total. The zero-order valence-corrected chi connectivity index (χ0v) is 11.6.